The molecular weight excluding hydrogens is 224 g/mol. The van der Waals surface area contributed by atoms with Gasteiger partial charge in [0.1, 0.15) is 5.76 Å². The Balaban J connectivity index is 1.95. The summed E-state index contributed by atoms with van der Waals surface area (Å²) in [5.74, 6) is 0.647. The van der Waals surface area contributed by atoms with E-state index in [0.29, 0.717) is 11.5 Å². The Morgan fingerprint density at radius 3 is 2.81 bits per heavy atom. The molecular formula is C11H14N2O2S. The number of amides is 1. The summed E-state index contributed by atoms with van der Waals surface area (Å²) in [6.45, 7) is 0.385. The minimum atomic E-state index is -0.609. The maximum absolute atomic E-state index is 12.0. The van der Waals surface area contributed by atoms with Crippen molar-refractivity contribution in [3.05, 3.63) is 24.2 Å². The summed E-state index contributed by atoms with van der Waals surface area (Å²) in [7, 11) is 0. The standard InChI is InChI=1S/C11H14N2O2S/c12-9(16)11(4-2-5-11)10(14)13-7-8-3-1-6-15-8/h1,3,6H,2,4-5,7H2,(H2,12,16)(H,13,14). The van der Waals surface area contributed by atoms with Gasteiger partial charge < -0.3 is 15.5 Å². The van der Waals surface area contributed by atoms with Crippen molar-refractivity contribution >= 4 is 23.1 Å². The summed E-state index contributed by atoms with van der Waals surface area (Å²) in [6, 6.07) is 3.60. The lowest BCUT2D eigenvalue weighted by Crippen LogP contribution is -2.52. The van der Waals surface area contributed by atoms with E-state index in [4.69, 9.17) is 22.4 Å². The van der Waals surface area contributed by atoms with Crippen LogP contribution in [0.2, 0.25) is 0 Å². The third kappa shape index (κ3) is 1.82. The number of hydrogen-bond acceptors (Lipinski definition) is 3. The molecule has 0 bridgehead atoms. The molecule has 2 rings (SSSR count). The van der Waals surface area contributed by atoms with Crippen molar-refractivity contribution in [2.45, 2.75) is 25.8 Å². The number of thiocarbonyl (C=S) groups is 1. The Bertz CT molecular complexity index is 396. The summed E-state index contributed by atoms with van der Waals surface area (Å²) >= 11 is 4.96. The summed E-state index contributed by atoms with van der Waals surface area (Å²) in [4.78, 5) is 12.3. The molecule has 0 spiro atoms. The number of nitrogens with one attached hydrogen (secondary N) is 1. The molecule has 1 fully saturated rings. The van der Waals surface area contributed by atoms with Gasteiger partial charge in [-0.25, -0.2) is 0 Å². The Kier molecular flexibility index (Phi) is 2.96. The van der Waals surface area contributed by atoms with Gasteiger partial charge in [0.05, 0.1) is 23.2 Å². The average molecular weight is 238 g/mol. The van der Waals surface area contributed by atoms with E-state index in [-0.39, 0.29) is 5.91 Å². The Morgan fingerprint density at radius 2 is 2.38 bits per heavy atom. The van der Waals surface area contributed by atoms with Crippen molar-refractivity contribution in [3.8, 4) is 0 Å². The van der Waals surface area contributed by atoms with Crippen molar-refractivity contribution in [1.29, 1.82) is 0 Å². The molecule has 0 aromatic carbocycles. The van der Waals surface area contributed by atoms with E-state index in [9.17, 15) is 4.79 Å². The molecule has 0 radical (unpaired) electrons. The van der Waals surface area contributed by atoms with Gasteiger partial charge in [0.2, 0.25) is 5.91 Å². The van der Waals surface area contributed by atoms with Gasteiger partial charge in [-0.2, -0.15) is 0 Å². The van der Waals surface area contributed by atoms with Crippen LogP contribution in [-0.4, -0.2) is 10.9 Å². The van der Waals surface area contributed by atoms with Crippen molar-refractivity contribution in [2.75, 3.05) is 0 Å². The van der Waals surface area contributed by atoms with Crippen LogP contribution in [0.4, 0.5) is 0 Å². The molecule has 5 heteroatoms. The third-order valence-corrected chi connectivity index (χ3v) is 3.51. The van der Waals surface area contributed by atoms with Crippen LogP contribution in [0.1, 0.15) is 25.0 Å². The van der Waals surface area contributed by atoms with Gasteiger partial charge in [-0.15, -0.1) is 0 Å². The van der Waals surface area contributed by atoms with E-state index < -0.39 is 5.41 Å². The van der Waals surface area contributed by atoms with E-state index in [1.165, 1.54) is 0 Å². The molecule has 0 atom stereocenters. The minimum Gasteiger partial charge on any atom is -0.467 e. The maximum Gasteiger partial charge on any atom is 0.233 e. The first-order chi connectivity index (χ1) is 7.65. The van der Waals surface area contributed by atoms with Crippen LogP contribution in [0, 0.1) is 5.41 Å². The highest BCUT2D eigenvalue weighted by Gasteiger charge is 2.46. The Morgan fingerprint density at radius 1 is 1.62 bits per heavy atom. The lowest BCUT2D eigenvalue weighted by atomic mass is 9.68. The fourth-order valence-corrected chi connectivity index (χ4v) is 2.16. The molecule has 16 heavy (non-hydrogen) atoms. The zero-order valence-electron chi connectivity index (χ0n) is 8.86. The highest BCUT2D eigenvalue weighted by Crippen LogP contribution is 2.41. The number of hydrogen-bond donors (Lipinski definition) is 2. The lowest BCUT2D eigenvalue weighted by Gasteiger charge is -2.38. The largest absolute Gasteiger partial charge is 0.467 e. The number of carbonyl (C=O) groups is 1. The van der Waals surface area contributed by atoms with E-state index >= 15 is 0 Å². The summed E-state index contributed by atoms with van der Waals surface area (Å²) in [5, 5.41) is 2.81. The normalized spacial score (nSPS) is 17.5. The molecule has 1 amide bonds. The molecule has 0 unspecified atom stereocenters. The van der Waals surface area contributed by atoms with Crippen LogP contribution >= 0.6 is 12.2 Å². The van der Waals surface area contributed by atoms with E-state index in [1.807, 2.05) is 6.07 Å². The molecule has 1 aliphatic carbocycles. The highest BCUT2D eigenvalue weighted by atomic mass is 32.1. The van der Waals surface area contributed by atoms with Crippen LogP contribution in [0.3, 0.4) is 0 Å². The van der Waals surface area contributed by atoms with Gasteiger partial charge in [-0.05, 0) is 25.0 Å². The predicted molar refractivity (Wildman–Crippen MR) is 63.6 cm³/mol. The molecule has 86 valence electrons. The zero-order chi connectivity index (χ0) is 11.6. The van der Waals surface area contributed by atoms with Gasteiger partial charge >= 0.3 is 0 Å². The average Bonchev–Trinajstić information content (AvgIpc) is 2.64. The van der Waals surface area contributed by atoms with Crippen molar-refractivity contribution < 1.29 is 9.21 Å². The Hall–Kier alpha value is -1.36. The first kappa shape index (κ1) is 11.1. The fraction of sp³-hybridized carbons (Fsp3) is 0.455. The molecule has 1 saturated carbocycles. The highest BCUT2D eigenvalue weighted by molar-refractivity contribution is 7.80. The monoisotopic (exact) mass is 238 g/mol. The van der Waals surface area contributed by atoms with Crippen molar-refractivity contribution in [1.82, 2.24) is 5.32 Å². The first-order valence-electron chi connectivity index (χ1n) is 5.26. The van der Waals surface area contributed by atoms with Crippen LogP contribution in [0.5, 0.6) is 0 Å². The summed E-state index contributed by atoms with van der Waals surface area (Å²) < 4.78 is 5.13. The number of nitrogens with two attached hydrogens (primary N) is 1. The molecule has 3 N–H and O–H groups in total. The van der Waals surface area contributed by atoms with Gasteiger partial charge in [0, 0.05) is 0 Å². The first-order valence-corrected chi connectivity index (χ1v) is 5.66. The molecule has 1 aromatic heterocycles. The van der Waals surface area contributed by atoms with Crippen molar-refractivity contribution in [3.63, 3.8) is 0 Å². The van der Waals surface area contributed by atoms with E-state index in [0.717, 1.165) is 25.0 Å². The fourth-order valence-electron chi connectivity index (χ4n) is 1.87. The second kappa shape index (κ2) is 4.25. The number of furan rings is 1. The molecule has 0 aliphatic heterocycles. The van der Waals surface area contributed by atoms with Crippen LogP contribution < -0.4 is 11.1 Å². The topological polar surface area (TPSA) is 68.3 Å². The summed E-state index contributed by atoms with van der Waals surface area (Å²) in [6.07, 6.45) is 4.10. The molecule has 1 aliphatic rings. The maximum atomic E-state index is 12.0. The summed E-state index contributed by atoms with van der Waals surface area (Å²) in [5.41, 5.74) is 5.02. The SMILES string of the molecule is NC(=S)C1(C(=O)NCc2ccco2)CCC1. The van der Waals surface area contributed by atoms with E-state index in [2.05, 4.69) is 5.32 Å². The van der Waals surface area contributed by atoms with Gasteiger partial charge in [-0.3, -0.25) is 4.79 Å². The third-order valence-electron chi connectivity index (χ3n) is 3.12. The van der Waals surface area contributed by atoms with Crippen LogP contribution in [0.25, 0.3) is 0 Å². The molecule has 1 aromatic rings. The van der Waals surface area contributed by atoms with Crippen LogP contribution in [-0.2, 0) is 11.3 Å². The smallest absolute Gasteiger partial charge is 0.233 e. The second-order valence-corrected chi connectivity index (χ2v) is 4.50. The predicted octanol–water partition coefficient (Wildman–Crippen LogP) is 1.35. The second-order valence-electron chi connectivity index (χ2n) is 4.06. The van der Waals surface area contributed by atoms with Gasteiger partial charge in [0.25, 0.3) is 0 Å². The zero-order valence-corrected chi connectivity index (χ0v) is 9.68. The number of rotatable bonds is 4. The minimum absolute atomic E-state index is 0.0809. The van der Waals surface area contributed by atoms with E-state index in [1.54, 1.807) is 12.3 Å². The molecule has 0 saturated heterocycles. The Labute approximate surface area is 99.2 Å². The quantitative estimate of drug-likeness (QED) is 0.777. The molecule has 4 nitrogen and oxygen atoms in total. The van der Waals surface area contributed by atoms with Crippen molar-refractivity contribution in [2.24, 2.45) is 11.1 Å². The van der Waals surface area contributed by atoms with Gasteiger partial charge in [0.15, 0.2) is 0 Å². The lowest BCUT2D eigenvalue weighted by molar-refractivity contribution is -0.131. The van der Waals surface area contributed by atoms with Crippen LogP contribution in [0.15, 0.2) is 22.8 Å². The molecule has 1 heterocycles. The number of carbonyl (C=O) groups excluding carboxylic acids is 1. The van der Waals surface area contributed by atoms with Gasteiger partial charge in [-0.1, -0.05) is 18.6 Å².